The van der Waals surface area contributed by atoms with Crippen LogP contribution in [0, 0.1) is 19.1 Å². The third-order valence-corrected chi connectivity index (χ3v) is 8.29. The van der Waals surface area contributed by atoms with Crippen LogP contribution in [0.15, 0.2) is 146 Å². The van der Waals surface area contributed by atoms with E-state index in [1.165, 1.54) is 5.56 Å². The van der Waals surface area contributed by atoms with Crippen molar-refractivity contribution >= 4 is 23.1 Å². The van der Waals surface area contributed by atoms with Crippen molar-refractivity contribution in [3.63, 3.8) is 0 Å². The van der Waals surface area contributed by atoms with Crippen molar-refractivity contribution in [2.45, 2.75) is 6.92 Å². The average molecular weight is 783 g/mol. The van der Waals surface area contributed by atoms with E-state index in [9.17, 15) is 0 Å². The molecule has 0 saturated heterocycles. The van der Waals surface area contributed by atoms with Gasteiger partial charge in [-0.25, -0.2) is 0 Å². The minimum atomic E-state index is 0. The van der Waals surface area contributed by atoms with E-state index in [2.05, 4.69) is 59.6 Å². The Labute approximate surface area is 288 Å². The number of para-hydroxylation sites is 1. The second kappa shape index (κ2) is 13.2. The standard InChI is InChI=1S/C29H17BNO2.C12H10N.Ir/c1-2-8-19(9-3-1)20-16-17-31-24(18-20)21-10-6-12-23-29(21)33-27-15-7-14-26-28(27)30(23)22-11-4-5-13-25(22)32-26;1-10-7-8-12(13-9-10)11-5-3-2-4-6-11;/h1-9,11-18H;2-5,7-9H,1H3;/q2*-1;. The number of benzene rings is 5. The smallest absolute Gasteiger partial charge is 0.241 e. The van der Waals surface area contributed by atoms with Gasteiger partial charge in [0.2, 0.25) is 6.71 Å². The minimum absolute atomic E-state index is 0. The SMILES string of the molecule is Cc1ccc(-c2[c-]cccc2)nc1.[Ir].[c-]1ccc2c(c1-c1cc(-c3ccccc3)ccn1)Oc1cccc3c1B2c1ccccc1O3. The molecular formula is C41H27BIrN2O2-2. The summed E-state index contributed by atoms with van der Waals surface area (Å²) in [6.45, 7) is 2.07. The van der Waals surface area contributed by atoms with Crippen LogP contribution in [0.25, 0.3) is 33.6 Å². The van der Waals surface area contributed by atoms with Crippen LogP contribution < -0.4 is 25.9 Å². The first-order valence-corrected chi connectivity index (χ1v) is 15.3. The van der Waals surface area contributed by atoms with Crippen LogP contribution in [0.5, 0.6) is 23.0 Å². The molecule has 0 amide bonds. The summed E-state index contributed by atoms with van der Waals surface area (Å²) >= 11 is 0. The van der Waals surface area contributed by atoms with Crippen LogP contribution in [0.2, 0.25) is 0 Å². The van der Waals surface area contributed by atoms with Gasteiger partial charge in [0, 0.05) is 43.7 Å². The normalized spacial score (nSPS) is 11.6. The van der Waals surface area contributed by atoms with E-state index in [0.717, 1.165) is 73.0 Å². The summed E-state index contributed by atoms with van der Waals surface area (Å²) in [7, 11) is 0. The maximum atomic E-state index is 6.52. The maximum absolute atomic E-state index is 6.52. The molecule has 0 atom stereocenters. The van der Waals surface area contributed by atoms with Gasteiger partial charge in [-0.05, 0) is 64.7 Å². The molecule has 2 aromatic heterocycles. The van der Waals surface area contributed by atoms with E-state index in [0.29, 0.717) is 0 Å². The summed E-state index contributed by atoms with van der Waals surface area (Å²) in [6, 6.07) is 51.3. The topological polar surface area (TPSA) is 44.2 Å². The molecule has 47 heavy (non-hydrogen) atoms. The molecule has 0 unspecified atom stereocenters. The van der Waals surface area contributed by atoms with Gasteiger partial charge in [0.1, 0.15) is 17.2 Å². The quantitative estimate of drug-likeness (QED) is 0.136. The van der Waals surface area contributed by atoms with Crippen molar-refractivity contribution < 1.29 is 29.6 Å². The van der Waals surface area contributed by atoms with E-state index in [4.69, 9.17) is 14.5 Å². The van der Waals surface area contributed by atoms with Crippen molar-refractivity contribution in [1.82, 2.24) is 9.97 Å². The Balaban J connectivity index is 0.000000212. The fourth-order valence-corrected chi connectivity index (χ4v) is 6.09. The van der Waals surface area contributed by atoms with E-state index in [-0.39, 0.29) is 26.8 Å². The Morgan fingerprint density at radius 3 is 2.19 bits per heavy atom. The van der Waals surface area contributed by atoms with Crippen molar-refractivity contribution in [2.75, 3.05) is 0 Å². The Morgan fingerprint density at radius 1 is 0.596 bits per heavy atom. The molecule has 0 bridgehead atoms. The zero-order valence-electron chi connectivity index (χ0n) is 25.5. The van der Waals surface area contributed by atoms with Gasteiger partial charge in [-0.1, -0.05) is 78.4 Å². The zero-order valence-corrected chi connectivity index (χ0v) is 27.9. The van der Waals surface area contributed by atoms with Gasteiger partial charge in [-0.2, -0.15) is 0 Å². The number of nitrogens with zero attached hydrogens (tertiary/aromatic N) is 2. The predicted molar refractivity (Wildman–Crippen MR) is 185 cm³/mol. The Hall–Kier alpha value is -5.29. The molecule has 227 valence electrons. The van der Waals surface area contributed by atoms with E-state index < -0.39 is 0 Å². The van der Waals surface area contributed by atoms with Crippen LogP contribution in [-0.2, 0) is 20.1 Å². The second-order valence-corrected chi connectivity index (χ2v) is 11.3. The Kier molecular flexibility index (Phi) is 8.54. The van der Waals surface area contributed by atoms with Crippen molar-refractivity contribution in [2.24, 2.45) is 0 Å². The third-order valence-electron chi connectivity index (χ3n) is 8.29. The molecule has 7 aromatic rings. The molecule has 0 spiro atoms. The van der Waals surface area contributed by atoms with Gasteiger partial charge in [0.15, 0.2) is 0 Å². The summed E-state index contributed by atoms with van der Waals surface area (Å²) in [5, 5.41) is 0. The molecule has 5 aromatic carbocycles. The van der Waals surface area contributed by atoms with Crippen LogP contribution in [0.3, 0.4) is 0 Å². The second-order valence-electron chi connectivity index (χ2n) is 11.3. The number of rotatable bonds is 3. The van der Waals surface area contributed by atoms with Crippen molar-refractivity contribution in [1.29, 1.82) is 0 Å². The molecular weight excluding hydrogens is 755 g/mol. The monoisotopic (exact) mass is 783 g/mol. The van der Waals surface area contributed by atoms with Crippen LogP contribution in [-0.4, -0.2) is 16.7 Å². The molecule has 2 aliphatic heterocycles. The molecule has 4 nitrogen and oxygen atoms in total. The molecule has 0 fully saturated rings. The number of aryl methyl sites for hydroxylation is 1. The van der Waals surface area contributed by atoms with Gasteiger partial charge in [-0.3, -0.25) is 0 Å². The molecule has 9 rings (SSSR count). The molecule has 2 aliphatic rings. The maximum Gasteiger partial charge on any atom is 0.241 e. The fraction of sp³-hybridized carbons (Fsp3) is 0.0244. The number of pyridine rings is 2. The van der Waals surface area contributed by atoms with E-state index in [1.54, 1.807) is 0 Å². The molecule has 0 aliphatic carbocycles. The van der Waals surface area contributed by atoms with Crippen molar-refractivity contribution in [3.05, 3.63) is 164 Å². The first-order chi connectivity index (χ1) is 22.7. The van der Waals surface area contributed by atoms with E-state index in [1.807, 2.05) is 110 Å². The summed E-state index contributed by atoms with van der Waals surface area (Å²) in [5.41, 5.74) is 10.5. The van der Waals surface area contributed by atoms with Crippen LogP contribution in [0.4, 0.5) is 0 Å². The molecule has 0 saturated carbocycles. The largest absolute Gasteiger partial charge is 0.503 e. The summed E-state index contributed by atoms with van der Waals surface area (Å²) < 4.78 is 12.7. The number of hydrogen-bond donors (Lipinski definition) is 0. The number of aromatic nitrogens is 2. The van der Waals surface area contributed by atoms with Gasteiger partial charge < -0.3 is 19.4 Å². The molecule has 6 heteroatoms. The molecule has 0 N–H and O–H groups in total. The van der Waals surface area contributed by atoms with Gasteiger partial charge in [0.25, 0.3) is 0 Å². The number of ether oxygens (including phenoxy) is 2. The fourth-order valence-electron chi connectivity index (χ4n) is 6.09. The summed E-state index contributed by atoms with van der Waals surface area (Å²) in [6.07, 6.45) is 3.72. The number of hydrogen-bond acceptors (Lipinski definition) is 4. The Bertz CT molecular complexity index is 2170. The predicted octanol–water partition coefficient (Wildman–Crippen LogP) is 7.80. The van der Waals surface area contributed by atoms with Crippen LogP contribution in [0.1, 0.15) is 5.56 Å². The first kappa shape index (κ1) is 30.4. The van der Waals surface area contributed by atoms with Gasteiger partial charge >= 0.3 is 0 Å². The van der Waals surface area contributed by atoms with E-state index >= 15 is 0 Å². The minimum Gasteiger partial charge on any atom is -0.503 e. The Morgan fingerprint density at radius 2 is 1.38 bits per heavy atom. The summed E-state index contributed by atoms with van der Waals surface area (Å²) in [5.74, 6) is 3.36. The molecule has 4 heterocycles. The van der Waals surface area contributed by atoms with Gasteiger partial charge in [-0.15, -0.1) is 59.6 Å². The third kappa shape index (κ3) is 5.90. The molecule has 1 radical (unpaired) electrons. The van der Waals surface area contributed by atoms with Crippen molar-refractivity contribution in [3.8, 4) is 56.6 Å². The first-order valence-electron chi connectivity index (χ1n) is 15.3. The number of fused-ring (bicyclic) bond motifs is 4. The average Bonchev–Trinajstić information content (AvgIpc) is 3.13. The zero-order chi connectivity index (χ0) is 30.9. The summed E-state index contributed by atoms with van der Waals surface area (Å²) in [4.78, 5) is 9.01. The van der Waals surface area contributed by atoms with Crippen LogP contribution >= 0.6 is 0 Å². The van der Waals surface area contributed by atoms with Gasteiger partial charge in [0.05, 0.1) is 0 Å².